The third kappa shape index (κ3) is 34.5. The van der Waals surface area contributed by atoms with Gasteiger partial charge < -0.3 is 42.9 Å². The summed E-state index contributed by atoms with van der Waals surface area (Å²) in [6.07, 6.45) is -2.33. The number of carboxylic acid groups (broad SMARTS) is 2. The molecule has 0 fully saturated rings. The van der Waals surface area contributed by atoms with Crippen molar-refractivity contribution in [3.8, 4) is 0 Å². The summed E-state index contributed by atoms with van der Waals surface area (Å²) in [4.78, 5) is 8.33. The second-order valence-corrected chi connectivity index (χ2v) is 7.80. The van der Waals surface area contributed by atoms with Gasteiger partial charge in [-0.3, -0.25) is 0 Å². The number of quaternary nitrogens is 2. The predicted octanol–water partition coefficient (Wildman–Crippen LogP) is -0.175. The molecule has 0 aromatic rings. The Bertz CT molecular complexity index is 311. The molecule has 9 heteroatoms. The van der Waals surface area contributed by atoms with Crippen molar-refractivity contribution in [2.24, 2.45) is 0 Å². The molecule has 0 spiro atoms. The van der Waals surface area contributed by atoms with Gasteiger partial charge in [0.15, 0.2) is 0 Å². The van der Waals surface area contributed by atoms with E-state index >= 15 is 0 Å². The van der Waals surface area contributed by atoms with Crippen molar-refractivity contribution in [3.63, 3.8) is 0 Å². The standard InChI is InChI=1S/2C10H24NO2.CH2O3/c2*1-5-12-9-7-11(3,4)8-10-13-6-2;2-1(3)4/h2*5-10H2,1-4H3;(H2,2,3,4)/q2*+1;/p-2. The first kappa shape index (κ1) is 33.7. The normalized spacial score (nSPS) is 11.2. The maximum atomic E-state index is 8.33. The van der Waals surface area contributed by atoms with Crippen LogP contribution in [0.25, 0.3) is 0 Å². The molecule has 0 saturated carbocycles. The highest BCUT2D eigenvalue weighted by Crippen LogP contribution is 1.97. The lowest BCUT2D eigenvalue weighted by molar-refractivity contribution is -0.891. The molecule has 30 heavy (non-hydrogen) atoms. The molecular formula is C21H48N2O7. The fourth-order valence-electron chi connectivity index (χ4n) is 2.05. The van der Waals surface area contributed by atoms with Crippen LogP contribution in [0.3, 0.4) is 0 Å². The minimum atomic E-state index is -2.33. The van der Waals surface area contributed by atoms with Crippen LogP contribution in [0, 0.1) is 0 Å². The summed E-state index contributed by atoms with van der Waals surface area (Å²) in [7, 11) is 8.83. The van der Waals surface area contributed by atoms with Crippen LogP contribution in [0.2, 0.25) is 0 Å². The van der Waals surface area contributed by atoms with Crippen molar-refractivity contribution in [3.05, 3.63) is 0 Å². The SMILES string of the molecule is CCOCC[N+](C)(C)CCOCC.CCOCC[N+](C)(C)CCOCC.O=C([O-])[O-]. The molecule has 0 bridgehead atoms. The maximum Gasteiger partial charge on any atom is 0.102 e. The quantitative estimate of drug-likeness (QED) is 0.242. The zero-order valence-corrected chi connectivity index (χ0v) is 20.7. The van der Waals surface area contributed by atoms with E-state index in [-0.39, 0.29) is 0 Å². The highest BCUT2D eigenvalue weighted by molar-refractivity contribution is 5.47. The molecule has 0 N–H and O–H groups in total. The molecule has 0 radical (unpaired) electrons. The molecule has 0 aliphatic heterocycles. The van der Waals surface area contributed by atoms with E-state index in [1.165, 1.54) is 0 Å². The molecule has 0 aromatic carbocycles. The van der Waals surface area contributed by atoms with Crippen LogP contribution in [0.5, 0.6) is 0 Å². The number of likely N-dealkylation sites (N-methyl/N-ethyl adjacent to an activating group) is 2. The monoisotopic (exact) mass is 440 g/mol. The first-order valence-electron chi connectivity index (χ1n) is 10.8. The summed E-state index contributed by atoms with van der Waals surface area (Å²) in [5.41, 5.74) is 0. The van der Waals surface area contributed by atoms with Crippen molar-refractivity contribution in [2.45, 2.75) is 27.7 Å². The molecule has 0 aliphatic rings. The Kier molecular flexibility index (Phi) is 25.5. The van der Waals surface area contributed by atoms with Gasteiger partial charge in [-0.2, -0.15) is 0 Å². The van der Waals surface area contributed by atoms with Crippen LogP contribution < -0.4 is 10.2 Å². The zero-order chi connectivity index (χ0) is 23.9. The number of carbonyl (C=O) groups excluding carboxylic acids is 1. The van der Waals surface area contributed by atoms with Gasteiger partial charge in [-0.15, -0.1) is 0 Å². The van der Waals surface area contributed by atoms with E-state index in [9.17, 15) is 0 Å². The maximum absolute atomic E-state index is 8.33. The third-order valence-electron chi connectivity index (χ3n) is 4.18. The number of carbonyl (C=O) groups is 1. The minimum Gasteiger partial charge on any atom is -0.652 e. The van der Waals surface area contributed by atoms with E-state index in [2.05, 4.69) is 28.2 Å². The summed E-state index contributed by atoms with van der Waals surface area (Å²) in [6.45, 7) is 19.0. The van der Waals surface area contributed by atoms with Crippen molar-refractivity contribution < 1.29 is 42.9 Å². The predicted molar refractivity (Wildman–Crippen MR) is 115 cm³/mol. The lowest BCUT2D eigenvalue weighted by atomic mass is 10.4. The summed E-state index contributed by atoms with van der Waals surface area (Å²) >= 11 is 0. The Morgan fingerprint density at radius 2 is 0.733 bits per heavy atom. The lowest BCUT2D eigenvalue weighted by Gasteiger charge is -2.29. The smallest absolute Gasteiger partial charge is 0.102 e. The van der Waals surface area contributed by atoms with E-state index in [4.69, 9.17) is 34.0 Å². The lowest BCUT2D eigenvalue weighted by Crippen LogP contribution is -2.44. The fourth-order valence-corrected chi connectivity index (χ4v) is 2.05. The highest BCUT2D eigenvalue weighted by atomic mass is 16.6. The molecular weight excluding hydrogens is 392 g/mol. The molecule has 0 heterocycles. The second kappa shape index (κ2) is 22.7. The van der Waals surface area contributed by atoms with Crippen LogP contribution in [0.15, 0.2) is 0 Å². The van der Waals surface area contributed by atoms with Crippen molar-refractivity contribution in [1.29, 1.82) is 0 Å². The molecule has 0 atom stereocenters. The number of hydrogen-bond acceptors (Lipinski definition) is 7. The van der Waals surface area contributed by atoms with E-state index < -0.39 is 6.16 Å². The van der Waals surface area contributed by atoms with Crippen molar-refractivity contribution >= 4 is 6.16 Å². The summed E-state index contributed by atoms with van der Waals surface area (Å²) < 4.78 is 23.2. The molecule has 0 aromatic heterocycles. The van der Waals surface area contributed by atoms with Crippen molar-refractivity contribution in [1.82, 2.24) is 0 Å². The molecule has 0 unspecified atom stereocenters. The van der Waals surface area contributed by atoms with E-state index in [0.717, 1.165) is 88.0 Å². The first-order valence-corrected chi connectivity index (χ1v) is 10.8. The van der Waals surface area contributed by atoms with E-state index in [0.29, 0.717) is 0 Å². The van der Waals surface area contributed by atoms with Crippen LogP contribution >= 0.6 is 0 Å². The number of ether oxygens (including phenoxy) is 4. The topological polar surface area (TPSA) is 100 Å². The van der Waals surface area contributed by atoms with Crippen LogP contribution in [-0.2, 0) is 18.9 Å². The Balaban J connectivity index is -0.000000412. The van der Waals surface area contributed by atoms with E-state index in [1.54, 1.807) is 0 Å². The van der Waals surface area contributed by atoms with Crippen LogP contribution in [0.4, 0.5) is 4.79 Å². The molecule has 9 nitrogen and oxygen atoms in total. The Morgan fingerprint density at radius 3 is 0.867 bits per heavy atom. The summed E-state index contributed by atoms with van der Waals surface area (Å²) in [5.74, 6) is 0. The fraction of sp³-hybridized carbons (Fsp3) is 0.952. The molecule has 0 saturated heterocycles. The Hall–Kier alpha value is -0.970. The van der Waals surface area contributed by atoms with Gasteiger partial charge in [0.2, 0.25) is 0 Å². The number of rotatable bonds is 16. The third-order valence-corrected chi connectivity index (χ3v) is 4.18. The largest absolute Gasteiger partial charge is 0.652 e. The molecule has 0 rings (SSSR count). The average molecular weight is 441 g/mol. The van der Waals surface area contributed by atoms with Gasteiger partial charge in [-0.25, -0.2) is 0 Å². The second-order valence-electron chi connectivity index (χ2n) is 7.80. The number of nitrogens with zero attached hydrogens (tertiary/aromatic N) is 2. The molecule has 0 amide bonds. The van der Waals surface area contributed by atoms with Gasteiger partial charge >= 0.3 is 0 Å². The Morgan fingerprint density at radius 1 is 0.567 bits per heavy atom. The summed E-state index contributed by atoms with van der Waals surface area (Å²) in [6, 6.07) is 0. The molecule has 0 aliphatic carbocycles. The van der Waals surface area contributed by atoms with Gasteiger partial charge in [-0.05, 0) is 33.9 Å². The zero-order valence-electron chi connectivity index (χ0n) is 20.7. The summed E-state index contributed by atoms with van der Waals surface area (Å²) in [5, 5.41) is 16.7. The number of hydrogen-bond donors (Lipinski definition) is 0. The van der Waals surface area contributed by atoms with Crippen molar-refractivity contribution in [2.75, 3.05) is 107 Å². The molecule has 184 valence electrons. The first-order chi connectivity index (χ1) is 14.0. The average Bonchev–Trinajstić information content (AvgIpc) is 2.62. The minimum absolute atomic E-state index is 0.811. The van der Waals surface area contributed by atoms with Crippen LogP contribution in [0.1, 0.15) is 27.7 Å². The van der Waals surface area contributed by atoms with Gasteiger partial charge in [-0.1, -0.05) is 0 Å². The van der Waals surface area contributed by atoms with Gasteiger partial charge in [0.1, 0.15) is 26.2 Å². The highest BCUT2D eigenvalue weighted by Gasteiger charge is 2.14. The van der Waals surface area contributed by atoms with E-state index in [1.807, 2.05) is 27.7 Å². The Labute approximate surface area is 184 Å². The van der Waals surface area contributed by atoms with Gasteiger partial charge in [0.05, 0.1) is 54.6 Å². The van der Waals surface area contributed by atoms with Gasteiger partial charge in [0.25, 0.3) is 0 Å². The van der Waals surface area contributed by atoms with Crippen LogP contribution in [-0.4, -0.2) is 122 Å². The van der Waals surface area contributed by atoms with Gasteiger partial charge in [0, 0.05) is 26.4 Å².